The summed E-state index contributed by atoms with van der Waals surface area (Å²) in [5.41, 5.74) is 0.338. The smallest absolute Gasteiger partial charge is 0.298 e. The second kappa shape index (κ2) is 6.43. The minimum absolute atomic E-state index is 0.148. The third-order valence-corrected chi connectivity index (χ3v) is 6.24. The Labute approximate surface area is 163 Å². The molecule has 0 unspecified atom stereocenters. The molecule has 27 heavy (non-hydrogen) atoms. The Kier molecular flexibility index (Phi) is 4.32. The summed E-state index contributed by atoms with van der Waals surface area (Å²) in [6, 6.07) is 6.68. The number of aromatic nitrogens is 2. The van der Waals surface area contributed by atoms with Crippen molar-refractivity contribution < 1.29 is 18.0 Å². The Balaban J connectivity index is 1.68. The average Bonchev–Trinajstić information content (AvgIpc) is 3.15. The zero-order valence-electron chi connectivity index (χ0n) is 13.5. The molecule has 1 amide bonds. The van der Waals surface area contributed by atoms with Crippen LogP contribution in [-0.4, -0.2) is 15.9 Å². The summed E-state index contributed by atoms with van der Waals surface area (Å²) in [5.74, 6) is -0.687. The first kappa shape index (κ1) is 18.1. The molecule has 0 saturated heterocycles. The molecule has 4 nitrogen and oxygen atoms in total. The number of carbonyl (C=O) groups excluding carboxylic acids is 1. The number of hydrogen-bond acceptors (Lipinski definition) is 5. The summed E-state index contributed by atoms with van der Waals surface area (Å²) in [7, 11) is 0. The molecule has 0 radical (unpaired) electrons. The SMILES string of the molecule is Cc1nc2ccc3nc(NC(=O)c4ccc(Cl)c(C(F)(F)F)c4)sc3c2s1. The van der Waals surface area contributed by atoms with Crippen molar-refractivity contribution in [3.63, 3.8) is 0 Å². The van der Waals surface area contributed by atoms with Gasteiger partial charge in [-0.05, 0) is 37.3 Å². The zero-order valence-corrected chi connectivity index (χ0v) is 15.9. The van der Waals surface area contributed by atoms with Crippen molar-refractivity contribution in [3.05, 3.63) is 51.5 Å². The van der Waals surface area contributed by atoms with Gasteiger partial charge in [0.15, 0.2) is 5.13 Å². The standard InChI is InChI=1S/C17H9ClF3N3OS2/c1-7-22-11-4-5-12-14(13(11)26-7)27-16(23-12)24-15(25)8-2-3-10(18)9(6-8)17(19,20)21/h2-6H,1H3,(H,23,24,25). The van der Waals surface area contributed by atoms with Crippen LogP contribution in [0.2, 0.25) is 5.02 Å². The van der Waals surface area contributed by atoms with Crippen LogP contribution < -0.4 is 5.32 Å². The van der Waals surface area contributed by atoms with E-state index in [-0.39, 0.29) is 5.56 Å². The highest BCUT2D eigenvalue weighted by Gasteiger charge is 2.33. The van der Waals surface area contributed by atoms with Gasteiger partial charge in [0.2, 0.25) is 0 Å². The lowest BCUT2D eigenvalue weighted by molar-refractivity contribution is -0.137. The molecule has 10 heteroatoms. The lowest BCUT2D eigenvalue weighted by atomic mass is 10.1. The molecular formula is C17H9ClF3N3OS2. The maximum absolute atomic E-state index is 13.0. The van der Waals surface area contributed by atoms with E-state index in [4.69, 9.17) is 11.6 Å². The molecule has 0 saturated carbocycles. The fourth-order valence-electron chi connectivity index (χ4n) is 2.59. The number of fused-ring (bicyclic) bond motifs is 3. The van der Waals surface area contributed by atoms with E-state index in [9.17, 15) is 18.0 Å². The van der Waals surface area contributed by atoms with Crippen molar-refractivity contribution in [2.45, 2.75) is 13.1 Å². The summed E-state index contributed by atoms with van der Waals surface area (Å²) >= 11 is 8.37. The molecule has 4 aromatic rings. The number of hydrogen-bond donors (Lipinski definition) is 1. The Hall–Kier alpha value is -2.23. The fourth-order valence-corrected chi connectivity index (χ4v) is 4.82. The van der Waals surface area contributed by atoms with Gasteiger partial charge in [0.05, 0.1) is 36.0 Å². The normalized spacial score (nSPS) is 12.0. The van der Waals surface area contributed by atoms with Gasteiger partial charge in [0, 0.05) is 5.56 Å². The van der Waals surface area contributed by atoms with Crippen LogP contribution in [0.1, 0.15) is 20.9 Å². The lowest BCUT2D eigenvalue weighted by Gasteiger charge is -2.10. The van der Waals surface area contributed by atoms with Crippen molar-refractivity contribution in [3.8, 4) is 0 Å². The van der Waals surface area contributed by atoms with Crippen LogP contribution in [0.4, 0.5) is 18.3 Å². The molecule has 2 aromatic carbocycles. The van der Waals surface area contributed by atoms with E-state index >= 15 is 0 Å². The van der Waals surface area contributed by atoms with Crippen LogP contribution in [0.15, 0.2) is 30.3 Å². The van der Waals surface area contributed by atoms with Crippen molar-refractivity contribution in [1.82, 2.24) is 9.97 Å². The van der Waals surface area contributed by atoms with Crippen LogP contribution in [0.3, 0.4) is 0 Å². The van der Waals surface area contributed by atoms with E-state index < -0.39 is 22.7 Å². The van der Waals surface area contributed by atoms with Gasteiger partial charge in [0.1, 0.15) is 0 Å². The molecular weight excluding hydrogens is 419 g/mol. The lowest BCUT2D eigenvalue weighted by Crippen LogP contribution is -2.14. The van der Waals surface area contributed by atoms with Crippen LogP contribution in [0.5, 0.6) is 0 Å². The maximum Gasteiger partial charge on any atom is 0.417 e. The number of anilines is 1. The highest BCUT2D eigenvalue weighted by atomic mass is 35.5. The zero-order chi connectivity index (χ0) is 19.3. The fraction of sp³-hybridized carbons (Fsp3) is 0.118. The number of benzene rings is 2. The summed E-state index contributed by atoms with van der Waals surface area (Å²) in [4.78, 5) is 21.1. The second-order valence-electron chi connectivity index (χ2n) is 5.66. The minimum atomic E-state index is -4.64. The van der Waals surface area contributed by atoms with E-state index in [1.165, 1.54) is 28.7 Å². The largest absolute Gasteiger partial charge is 0.417 e. The number of amides is 1. The van der Waals surface area contributed by atoms with Crippen molar-refractivity contribution >= 4 is 65.7 Å². The molecule has 0 bridgehead atoms. The number of carbonyl (C=O) groups is 1. The van der Waals surface area contributed by atoms with Crippen molar-refractivity contribution in [1.29, 1.82) is 0 Å². The van der Waals surface area contributed by atoms with E-state index in [0.717, 1.165) is 32.1 Å². The molecule has 2 heterocycles. The first-order valence-electron chi connectivity index (χ1n) is 7.57. The number of thiazole rings is 2. The average molecular weight is 428 g/mol. The third-order valence-electron chi connectivity index (χ3n) is 3.77. The summed E-state index contributed by atoms with van der Waals surface area (Å²) in [6.07, 6.45) is -4.64. The molecule has 0 aliphatic heterocycles. The van der Waals surface area contributed by atoms with Gasteiger partial charge >= 0.3 is 6.18 Å². The molecule has 1 N–H and O–H groups in total. The highest BCUT2D eigenvalue weighted by Crippen LogP contribution is 2.37. The quantitative estimate of drug-likeness (QED) is 0.418. The van der Waals surface area contributed by atoms with Crippen LogP contribution in [0, 0.1) is 6.92 Å². The van der Waals surface area contributed by atoms with Crippen LogP contribution in [0.25, 0.3) is 20.4 Å². The molecule has 0 aliphatic carbocycles. The van der Waals surface area contributed by atoms with Gasteiger partial charge in [-0.1, -0.05) is 22.9 Å². The Bertz CT molecular complexity index is 1200. The van der Waals surface area contributed by atoms with Gasteiger partial charge < -0.3 is 0 Å². The van der Waals surface area contributed by atoms with E-state index in [1.54, 1.807) is 6.07 Å². The number of halogens is 4. The maximum atomic E-state index is 13.0. The van der Waals surface area contributed by atoms with Gasteiger partial charge in [-0.2, -0.15) is 13.2 Å². The number of nitrogens with zero attached hydrogens (tertiary/aromatic N) is 2. The van der Waals surface area contributed by atoms with Crippen molar-refractivity contribution in [2.24, 2.45) is 0 Å². The first-order chi connectivity index (χ1) is 12.7. The third kappa shape index (κ3) is 3.38. The number of alkyl halides is 3. The molecule has 4 rings (SSSR count). The predicted molar refractivity (Wildman–Crippen MR) is 102 cm³/mol. The minimum Gasteiger partial charge on any atom is -0.298 e. The molecule has 2 aromatic heterocycles. The highest BCUT2D eigenvalue weighted by molar-refractivity contribution is 7.28. The Morgan fingerprint density at radius 1 is 1.07 bits per heavy atom. The van der Waals surface area contributed by atoms with E-state index in [1.807, 2.05) is 13.0 Å². The van der Waals surface area contributed by atoms with Gasteiger partial charge in [-0.3, -0.25) is 10.1 Å². The number of rotatable bonds is 2. The molecule has 0 atom stereocenters. The van der Waals surface area contributed by atoms with Gasteiger partial charge in [0.25, 0.3) is 5.91 Å². The molecule has 0 fully saturated rings. The summed E-state index contributed by atoms with van der Waals surface area (Å²) in [6.45, 7) is 1.90. The van der Waals surface area contributed by atoms with Crippen molar-refractivity contribution in [2.75, 3.05) is 5.32 Å². The summed E-state index contributed by atoms with van der Waals surface area (Å²) < 4.78 is 40.8. The number of aryl methyl sites for hydroxylation is 1. The van der Waals surface area contributed by atoms with Crippen LogP contribution in [-0.2, 0) is 6.18 Å². The molecule has 0 spiro atoms. The first-order valence-corrected chi connectivity index (χ1v) is 9.58. The van der Waals surface area contributed by atoms with E-state index in [2.05, 4.69) is 15.3 Å². The van der Waals surface area contributed by atoms with Crippen LogP contribution >= 0.6 is 34.3 Å². The van der Waals surface area contributed by atoms with Gasteiger partial charge in [-0.25, -0.2) is 9.97 Å². The Morgan fingerprint density at radius 3 is 2.44 bits per heavy atom. The molecule has 0 aliphatic rings. The Morgan fingerprint density at radius 2 is 1.74 bits per heavy atom. The monoisotopic (exact) mass is 427 g/mol. The summed E-state index contributed by atoms with van der Waals surface area (Å²) in [5, 5.41) is 3.32. The number of nitrogens with one attached hydrogen (secondary N) is 1. The topological polar surface area (TPSA) is 54.9 Å². The second-order valence-corrected chi connectivity index (χ2v) is 8.27. The molecule has 138 valence electrons. The van der Waals surface area contributed by atoms with E-state index in [0.29, 0.717) is 10.6 Å². The van der Waals surface area contributed by atoms with Gasteiger partial charge in [-0.15, -0.1) is 11.3 Å². The predicted octanol–water partition coefficient (Wildman–Crippen LogP) is 6.14.